The SMILES string of the molecule is Cc1nc(C)n(C[C@H](C)c2nc(C(C)C)nn2-c2ccccn2)n1. The third kappa shape index (κ3) is 3.20. The van der Waals surface area contributed by atoms with Gasteiger partial charge in [-0.05, 0) is 26.0 Å². The smallest absolute Gasteiger partial charge is 0.155 e. The first kappa shape index (κ1) is 16.3. The summed E-state index contributed by atoms with van der Waals surface area (Å²) >= 11 is 0. The van der Waals surface area contributed by atoms with Gasteiger partial charge in [-0.25, -0.2) is 19.6 Å². The molecule has 0 bridgehead atoms. The molecule has 126 valence electrons. The fourth-order valence-corrected chi connectivity index (χ4v) is 2.63. The van der Waals surface area contributed by atoms with Crippen molar-refractivity contribution in [2.45, 2.75) is 53.0 Å². The van der Waals surface area contributed by atoms with Crippen LogP contribution in [0.15, 0.2) is 24.4 Å². The van der Waals surface area contributed by atoms with Crippen LogP contribution in [0.2, 0.25) is 0 Å². The number of rotatable bonds is 5. The van der Waals surface area contributed by atoms with E-state index in [1.807, 2.05) is 41.4 Å². The summed E-state index contributed by atoms with van der Waals surface area (Å²) in [5, 5.41) is 9.12. The summed E-state index contributed by atoms with van der Waals surface area (Å²) in [5.41, 5.74) is 0. The van der Waals surface area contributed by atoms with Crippen LogP contribution in [0.3, 0.4) is 0 Å². The molecule has 0 unspecified atom stereocenters. The molecule has 3 aromatic heterocycles. The summed E-state index contributed by atoms with van der Waals surface area (Å²) in [7, 11) is 0. The second-order valence-corrected chi connectivity index (χ2v) is 6.37. The highest BCUT2D eigenvalue weighted by Crippen LogP contribution is 2.21. The van der Waals surface area contributed by atoms with E-state index in [0.29, 0.717) is 6.54 Å². The van der Waals surface area contributed by atoms with Crippen LogP contribution in [0, 0.1) is 13.8 Å². The lowest BCUT2D eigenvalue weighted by Crippen LogP contribution is -2.15. The van der Waals surface area contributed by atoms with E-state index in [4.69, 9.17) is 4.98 Å². The maximum Gasteiger partial charge on any atom is 0.155 e. The van der Waals surface area contributed by atoms with Crippen LogP contribution >= 0.6 is 0 Å². The van der Waals surface area contributed by atoms with Gasteiger partial charge in [0.25, 0.3) is 0 Å². The van der Waals surface area contributed by atoms with E-state index < -0.39 is 0 Å². The summed E-state index contributed by atoms with van der Waals surface area (Å²) < 4.78 is 3.77. The van der Waals surface area contributed by atoms with Crippen LogP contribution in [0.1, 0.15) is 55.9 Å². The Bertz CT molecular complexity index is 817. The Morgan fingerprint density at radius 3 is 2.42 bits per heavy atom. The number of hydrogen-bond donors (Lipinski definition) is 0. The molecule has 1 atom stereocenters. The minimum absolute atomic E-state index is 0.131. The lowest BCUT2D eigenvalue weighted by atomic mass is 10.1. The van der Waals surface area contributed by atoms with Gasteiger partial charge in [0, 0.05) is 18.0 Å². The molecule has 0 saturated heterocycles. The van der Waals surface area contributed by atoms with Gasteiger partial charge in [-0.1, -0.05) is 26.8 Å². The van der Waals surface area contributed by atoms with Crippen molar-refractivity contribution < 1.29 is 0 Å². The molecular formula is C17H23N7. The van der Waals surface area contributed by atoms with Gasteiger partial charge in [0.15, 0.2) is 11.6 Å². The molecule has 7 heteroatoms. The summed E-state index contributed by atoms with van der Waals surface area (Å²) in [6, 6.07) is 5.80. The van der Waals surface area contributed by atoms with Crippen molar-refractivity contribution in [3.05, 3.63) is 47.7 Å². The Morgan fingerprint density at radius 2 is 1.83 bits per heavy atom. The van der Waals surface area contributed by atoms with Crippen molar-refractivity contribution in [2.75, 3.05) is 0 Å². The maximum absolute atomic E-state index is 4.77. The zero-order chi connectivity index (χ0) is 17.3. The first-order valence-corrected chi connectivity index (χ1v) is 8.22. The second kappa shape index (κ2) is 6.51. The Morgan fingerprint density at radius 1 is 1.04 bits per heavy atom. The molecule has 0 radical (unpaired) electrons. The van der Waals surface area contributed by atoms with Gasteiger partial charge in [0.05, 0.1) is 6.54 Å². The molecule has 0 aliphatic rings. The Kier molecular flexibility index (Phi) is 4.42. The van der Waals surface area contributed by atoms with Gasteiger partial charge < -0.3 is 0 Å². The van der Waals surface area contributed by atoms with Gasteiger partial charge in [0.2, 0.25) is 0 Å². The van der Waals surface area contributed by atoms with Crippen molar-refractivity contribution in [1.82, 2.24) is 34.5 Å². The standard InChI is InChI=1S/C17H23N7/c1-11(2)16-20-17(24(22-16)15-8-6-7-9-18-15)12(3)10-23-14(5)19-13(4)21-23/h6-9,11-12H,10H2,1-5H3/t12-/m0/s1. The number of pyridine rings is 1. The number of aryl methyl sites for hydroxylation is 2. The van der Waals surface area contributed by atoms with Gasteiger partial charge in [-0.2, -0.15) is 9.78 Å². The van der Waals surface area contributed by atoms with Gasteiger partial charge in [0.1, 0.15) is 17.5 Å². The van der Waals surface area contributed by atoms with Crippen molar-refractivity contribution in [3.63, 3.8) is 0 Å². The molecule has 3 aromatic rings. The maximum atomic E-state index is 4.77. The van der Waals surface area contributed by atoms with Crippen molar-refractivity contribution in [2.24, 2.45) is 0 Å². The van der Waals surface area contributed by atoms with Crippen LogP contribution in [0.4, 0.5) is 0 Å². The largest absolute Gasteiger partial charge is 0.249 e. The Balaban J connectivity index is 1.98. The molecule has 0 spiro atoms. The molecule has 0 saturated carbocycles. The fraction of sp³-hybridized carbons (Fsp3) is 0.471. The molecule has 7 nitrogen and oxygen atoms in total. The highest BCUT2D eigenvalue weighted by atomic mass is 15.4. The minimum Gasteiger partial charge on any atom is -0.249 e. The Hall–Kier alpha value is -2.57. The average Bonchev–Trinajstić information content (AvgIpc) is 3.12. The Labute approximate surface area is 141 Å². The third-order valence-corrected chi connectivity index (χ3v) is 3.88. The molecule has 0 fully saturated rings. The molecule has 3 rings (SSSR count). The highest BCUT2D eigenvalue weighted by Gasteiger charge is 2.21. The van der Waals surface area contributed by atoms with E-state index in [9.17, 15) is 0 Å². The van der Waals surface area contributed by atoms with E-state index in [-0.39, 0.29) is 11.8 Å². The molecule has 0 aromatic carbocycles. The summed E-state index contributed by atoms with van der Waals surface area (Å²) in [6.07, 6.45) is 1.77. The van der Waals surface area contributed by atoms with Gasteiger partial charge in [-0.15, -0.1) is 5.10 Å². The molecule has 24 heavy (non-hydrogen) atoms. The van der Waals surface area contributed by atoms with E-state index in [2.05, 4.69) is 40.9 Å². The highest BCUT2D eigenvalue weighted by molar-refractivity contribution is 5.23. The van der Waals surface area contributed by atoms with Crippen molar-refractivity contribution >= 4 is 0 Å². The van der Waals surface area contributed by atoms with E-state index in [1.165, 1.54) is 0 Å². The average molecular weight is 325 g/mol. The zero-order valence-electron chi connectivity index (χ0n) is 14.8. The molecule has 3 heterocycles. The van der Waals surface area contributed by atoms with E-state index in [0.717, 1.165) is 29.1 Å². The van der Waals surface area contributed by atoms with Crippen molar-refractivity contribution in [3.8, 4) is 5.82 Å². The lowest BCUT2D eigenvalue weighted by Gasteiger charge is -2.12. The fourth-order valence-electron chi connectivity index (χ4n) is 2.63. The molecule has 0 amide bonds. The molecular weight excluding hydrogens is 302 g/mol. The number of aromatic nitrogens is 7. The van der Waals surface area contributed by atoms with E-state index >= 15 is 0 Å². The first-order chi connectivity index (χ1) is 11.5. The summed E-state index contributed by atoms with van der Waals surface area (Å²) in [5.74, 6) is 4.59. The number of hydrogen-bond acceptors (Lipinski definition) is 5. The second-order valence-electron chi connectivity index (χ2n) is 6.37. The predicted octanol–water partition coefficient (Wildman–Crippen LogP) is 2.80. The van der Waals surface area contributed by atoms with Crippen LogP contribution in [0.25, 0.3) is 5.82 Å². The van der Waals surface area contributed by atoms with Gasteiger partial charge in [-0.3, -0.25) is 0 Å². The van der Waals surface area contributed by atoms with Crippen LogP contribution in [0.5, 0.6) is 0 Å². The lowest BCUT2D eigenvalue weighted by molar-refractivity contribution is 0.501. The summed E-state index contributed by atoms with van der Waals surface area (Å²) in [6.45, 7) is 10.9. The first-order valence-electron chi connectivity index (χ1n) is 8.22. The van der Waals surface area contributed by atoms with Crippen LogP contribution in [-0.2, 0) is 6.54 Å². The molecule has 0 N–H and O–H groups in total. The quantitative estimate of drug-likeness (QED) is 0.721. The van der Waals surface area contributed by atoms with Crippen molar-refractivity contribution in [1.29, 1.82) is 0 Å². The van der Waals surface area contributed by atoms with Crippen LogP contribution in [-0.4, -0.2) is 34.5 Å². The predicted molar refractivity (Wildman–Crippen MR) is 91.2 cm³/mol. The van der Waals surface area contributed by atoms with E-state index in [1.54, 1.807) is 6.20 Å². The monoisotopic (exact) mass is 325 g/mol. The van der Waals surface area contributed by atoms with Gasteiger partial charge >= 0.3 is 0 Å². The number of nitrogens with zero attached hydrogens (tertiary/aromatic N) is 7. The zero-order valence-corrected chi connectivity index (χ0v) is 14.8. The van der Waals surface area contributed by atoms with Crippen LogP contribution < -0.4 is 0 Å². The minimum atomic E-state index is 0.131. The summed E-state index contributed by atoms with van der Waals surface area (Å²) in [4.78, 5) is 13.6. The third-order valence-electron chi connectivity index (χ3n) is 3.88. The molecule has 0 aliphatic carbocycles. The molecule has 0 aliphatic heterocycles. The normalized spacial score (nSPS) is 12.8. The topological polar surface area (TPSA) is 74.3 Å².